The first-order valence-electron chi connectivity index (χ1n) is 10.4. The molecule has 0 bridgehead atoms. The van der Waals surface area contributed by atoms with E-state index >= 15 is 0 Å². The molecule has 0 unspecified atom stereocenters. The van der Waals surface area contributed by atoms with Crippen LogP contribution >= 0.6 is 11.3 Å². The minimum absolute atomic E-state index is 0.124. The molecule has 0 N–H and O–H groups in total. The van der Waals surface area contributed by atoms with Crippen molar-refractivity contribution in [1.29, 1.82) is 10.5 Å². The lowest BCUT2D eigenvalue weighted by Gasteiger charge is -2.01. The molecule has 10 heteroatoms. The Hall–Kier alpha value is -4.54. The Balaban J connectivity index is 1.90. The highest BCUT2D eigenvalue weighted by molar-refractivity contribution is 7.14. The summed E-state index contributed by atoms with van der Waals surface area (Å²) < 4.78 is 10.7. The summed E-state index contributed by atoms with van der Waals surface area (Å²) in [5, 5.41) is 30.5. The number of nitrogens with zero attached hydrogens (tertiary/aromatic N) is 3. The topological polar surface area (TPSA) is 147 Å². The quantitative estimate of drug-likeness (QED) is 0.136. The van der Waals surface area contributed by atoms with Gasteiger partial charge in [0.15, 0.2) is 5.78 Å². The first-order chi connectivity index (χ1) is 16.7. The van der Waals surface area contributed by atoms with E-state index in [0.717, 1.165) is 16.9 Å². The van der Waals surface area contributed by atoms with E-state index in [1.165, 1.54) is 24.3 Å². The molecule has 9 nitrogen and oxygen atoms in total. The number of nitro benzene ring substituents is 1. The molecule has 0 aliphatic heterocycles. The smallest absolute Gasteiger partial charge is 0.348 e. The summed E-state index contributed by atoms with van der Waals surface area (Å²) in [5.41, 5.74) is 1.27. The molecular formula is C25H19N3O6S. The summed E-state index contributed by atoms with van der Waals surface area (Å²) in [7, 11) is 0. The number of Topliss-reactive ketones (excluding diaryl/α,β-unsaturated/α-hetero) is 1. The van der Waals surface area contributed by atoms with Crippen molar-refractivity contribution in [2.75, 3.05) is 6.61 Å². The Bertz CT molecular complexity index is 1450. The third-order valence-corrected chi connectivity index (χ3v) is 6.33. The number of allylic oxidation sites excluding steroid dienone is 1. The number of benzene rings is 1. The van der Waals surface area contributed by atoms with E-state index in [0.29, 0.717) is 10.4 Å². The number of ether oxygens (including phenoxy) is 1. The molecule has 0 atom stereocenters. The Morgan fingerprint density at radius 2 is 1.97 bits per heavy atom. The summed E-state index contributed by atoms with van der Waals surface area (Å²) >= 11 is 0.986. The van der Waals surface area contributed by atoms with Crippen molar-refractivity contribution >= 4 is 34.9 Å². The number of ketones is 1. The second-order valence-electron chi connectivity index (χ2n) is 7.44. The van der Waals surface area contributed by atoms with Gasteiger partial charge in [-0.1, -0.05) is 6.07 Å². The maximum atomic E-state index is 12.8. The van der Waals surface area contributed by atoms with E-state index in [1.54, 1.807) is 32.9 Å². The number of thiophene rings is 1. The van der Waals surface area contributed by atoms with Gasteiger partial charge in [0.2, 0.25) is 0 Å². The van der Waals surface area contributed by atoms with Crippen LogP contribution < -0.4 is 0 Å². The molecule has 3 rings (SSSR count). The minimum atomic E-state index is -0.574. The van der Waals surface area contributed by atoms with Crippen LogP contribution in [-0.4, -0.2) is 23.3 Å². The van der Waals surface area contributed by atoms with Crippen LogP contribution in [0, 0.1) is 46.6 Å². The standard InChI is InChI=1S/C25H19N3O6S/c1-4-33-25(30)24-15(3)19(13-27)23(35-24)11-21(29)16(12-26)10-17-6-8-22(34-17)18-7-5-14(2)9-20(18)28(31)32/h5-10H,4,11H2,1-3H3/b16-10+. The zero-order chi connectivity index (χ0) is 25.7. The molecule has 0 aliphatic carbocycles. The highest BCUT2D eigenvalue weighted by Crippen LogP contribution is 2.33. The molecule has 35 heavy (non-hydrogen) atoms. The molecule has 0 saturated carbocycles. The Morgan fingerprint density at radius 1 is 1.23 bits per heavy atom. The van der Waals surface area contributed by atoms with Crippen molar-refractivity contribution in [3.8, 4) is 23.5 Å². The van der Waals surface area contributed by atoms with Crippen LogP contribution in [-0.2, 0) is 16.0 Å². The second-order valence-corrected chi connectivity index (χ2v) is 8.54. The number of hydrogen-bond acceptors (Lipinski definition) is 9. The van der Waals surface area contributed by atoms with Gasteiger partial charge in [0, 0.05) is 23.4 Å². The fourth-order valence-electron chi connectivity index (χ4n) is 3.37. The molecule has 2 heterocycles. The van der Waals surface area contributed by atoms with Crippen molar-refractivity contribution in [3.63, 3.8) is 0 Å². The third-order valence-electron chi connectivity index (χ3n) is 5.06. The van der Waals surface area contributed by atoms with E-state index in [2.05, 4.69) is 0 Å². The number of nitro groups is 1. The fraction of sp³-hybridized carbons (Fsp3) is 0.200. The maximum Gasteiger partial charge on any atom is 0.348 e. The number of rotatable bonds is 8. The zero-order valence-electron chi connectivity index (χ0n) is 19.1. The summed E-state index contributed by atoms with van der Waals surface area (Å²) in [5.74, 6) is -0.767. The van der Waals surface area contributed by atoms with Gasteiger partial charge in [-0.25, -0.2) is 4.79 Å². The van der Waals surface area contributed by atoms with E-state index in [4.69, 9.17) is 9.15 Å². The lowest BCUT2D eigenvalue weighted by atomic mass is 10.0. The lowest BCUT2D eigenvalue weighted by molar-refractivity contribution is -0.384. The van der Waals surface area contributed by atoms with E-state index in [-0.39, 0.29) is 51.8 Å². The molecular weight excluding hydrogens is 470 g/mol. The second kappa shape index (κ2) is 10.6. The van der Waals surface area contributed by atoms with Gasteiger partial charge in [0.25, 0.3) is 5.69 Å². The van der Waals surface area contributed by atoms with Gasteiger partial charge >= 0.3 is 5.97 Å². The maximum absolute atomic E-state index is 12.8. The molecule has 0 amide bonds. The molecule has 0 fully saturated rings. The van der Waals surface area contributed by atoms with Gasteiger partial charge in [-0.05, 0) is 50.1 Å². The van der Waals surface area contributed by atoms with Crippen LogP contribution in [0.2, 0.25) is 0 Å². The van der Waals surface area contributed by atoms with Gasteiger partial charge in [0.1, 0.15) is 28.5 Å². The van der Waals surface area contributed by atoms with Crippen molar-refractivity contribution in [2.24, 2.45) is 0 Å². The molecule has 176 valence electrons. The van der Waals surface area contributed by atoms with Gasteiger partial charge in [-0.15, -0.1) is 11.3 Å². The molecule has 1 aromatic carbocycles. The Labute approximate surface area is 204 Å². The van der Waals surface area contributed by atoms with Crippen LogP contribution in [0.15, 0.2) is 40.3 Å². The van der Waals surface area contributed by atoms with Crippen molar-refractivity contribution in [2.45, 2.75) is 27.2 Å². The van der Waals surface area contributed by atoms with Crippen molar-refractivity contribution in [3.05, 3.63) is 78.2 Å². The van der Waals surface area contributed by atoms with E-state index < -0.39 is 16.7 Å². The highest BCUT2D eigenvalue weighted by atomic mass is 32.1. The summed E-state index contributed by atoms with van der Waals surface area (Å²) in [6.07, 6.45) is 0.981. The minimum Gasteiger partial charge on any atom is -0.462 e. The predicted molar refractivity (Wildman–Crippen MR) is 128 cm³/mol. The number of hydrogen-bond donors (Lipinski definition) is 0. The van der Waals surface area contributed by atoms with E-state index in [1.807, 2.05) is 12.1 Å². The molecule has 0 saturated heterocycles. The van der Waals surface area contributed by atoms with Crippen LogP contribution in [0.3, 0.4) is 0 Å². The SMILES string of the molecule is CCOC(=O)c1sc(CC(=O)/C(C#N)=C/c2ccc(-c3ccc(C)cc3[N+](=O)[O-])o2)c(C#N)c1C. The summed E-state index contributed by atoms with van der Waals surface area (Å²) in [6, 6.07) is 11.6. The molecule has 2 aromatic heterocycles. The summed E-state index contributed by atoms with van der Waals surface area (Å²) in [6.45, 7) is 5.17. The lowest BCUT2D eigenvalue weighted by Crippen LogP contribution is -2.05. The fourth-order valence-corrected chi connectivity index (χ4v) is 4.52. The van der Waals surface area contributed by atoms with Crippen LogP contribution in [0.4, 0.5) is 5.69 Å². The van der Waals surface area contributed by atoms with Crippen molar-refractivity contribution < 1.29 is 23.7 Å². The van der Waals surface area contributed by atoms with Gasteiger partial charge in [-0.3, -0.25) is 14.9 Å². The largest absolute Gasteiger partial charge is 0.462 e. The zero-order valence-corrected chi connectivity index (χ0v) is 19.9. The number of esters is 1. The third kappa shape index (κ3) is 5.35. The van der Waals surface area contributed by atoms with Gasteiger partial charge < -0.3 is 9.15 Å². The number of nitriles is 2. The van der Waals surface area contributed by atoms with Crippen LogP contribution in [0.5, 0.6) is 0 Å². The molecule has 3 aromatic rings. The molecule has 0 aliphatic rings. The van der Waals surface area contributed by atoms with Crippen LogP contribution in [0.1, 0.15) is 43.9 Å². The monoisotopic (exact) mass is 489 g/mol. The van der Waals surface area contributed by atoms with Crippen LogP contribution in [0.25, 0.3) is 17.4 Å². The van der Waals surface area contributed by atoms with Crippen molar-refractivity contribution in [1.82, 2.24) is 0 Å². The number of aryl methyl sites for hydroxylation is 1. The predicted octanol–water partition coefficient (Wildman–Crippen LogP) is 5.30. The number of furan rings is 1. The normalized spacial score (nSPS) is 10.9. The molecule has 0 radical (unpaired) electrons. The molecule has 0 spiro atoms. The number of carbonyl (C=O) groups is 2. The average Bonchev–Trinajstić information content (AvgIpc) is 3.41. The van der Waals surface area contributed by atoms with Gasteiger partial charge in [0.05, 0.1) is 28.2 Å². The Kier molecular flexibility index (Phi) is 7.59. The van der Waals surface area contributed by atoms with E-state index in [9.17, 15) is 30.2 Å². The number of carbonyl (C=O) groups excluding carboxylic acids is 2. The first-order valence-corrected chi connectivity index (χ1v) is 11.2. The first kappa shape index (κ1) is 25.1. The Morgan fingerprint density at radius 3 is 2.60 bits per heavy atom. The average molecular weight is 490 g/mol. The highest BCUT2D eigenvalue weighted by Gasteiger charge is 2.24. The van der Waals surface area contributed by atoms with Gasteiger partial charge in [-0.2, -0.15) is 10.5 Å². The summed E-state index contributed by atoms with van der Waals surface area (Å²) in [4.78, 5) is 36.5.